The van der Waals surface area contributed by atoms with Crippen molar-refractivity contribution in [3.63, 3.8) is 0 Å². The van der Waals surface area contributed by atoms with Crippen molar-refractivity contribution in [2.75, 3.05) is 11.9 Å². The van der Waals surface area contributed by atoms with Gasteiger partial charge >= 0.3 is 0 Å². The summed E-state index contributed by atoms with van der Waals surface area (Å²) in [6, 6.07) is 17.3. The van der Waals surface area contributed by atoms with Crippen LogP contribution in [0, 0.1) is 0 Å². The molecule has 0 aliphatic rings. The highest BCUT2D eigenvalue weighted by Crippen LogP contribution is 2.43. The molecular formula is C16H13Br3N4O2S. The molecule has 0 saturated heterocycles. The number of alkyl halides is 3. The van der Waals surface area contributed by atoms with Gasteiger partial charge in [-0.05, 0) is 78.1 Å². The van der Waals surface area contributed by atoms with Gasteiger partial charge in [-0.3, -0.25) is 4.57 Å². The lowest BCUT2D eigenvalue weighted by atomic mass is 10.2. The van der Waals surface area contributed by atoms with E-state index in [4.69, 9.17) is 0 Å². The minimum Gasteiger partial charge on any atom is -0.345 e. The summed E-state index contributed by atoms with van der Waals surface area (Å²) in [5, 5.41) is 7.36. The van der Waals surface area contributed by atoms with Crippen molar-refractivity contribution in [1.29, 1.82) is 0 Å². The number of rotatable bonds is 4. The zero-order valence-electron chi connectivity index (χ0n) is 13.4. The van der Waals surface area contributed by atoms with Crippen LogP contribution in [0.2, 0.25) is 0 Å². The van der Waals surface area contributed by atoms with Crippen LogP contribution in [0.4, 0.5) is 11.4 Å². The number of halogens is 3. The number of hydrogen-bond donors (Lipinski definition) is 0. The zero-order valence-corrected chi connectivity index (χ0v) is 19.0. The molecule has 0 amide bonds. The van der Waals surface area contributed by atoms with Gasteiger partial charge in [0.25, 0.3) is 5.16 Å². The van der Waals surface area contributed by atoms with E-state index in [0.29, 0.717) is 5.69 Å². The summed E-state index contributed by atoms with van der Waals surface area (Å²) >= 11 is 9.16. The highest BCUT2D eigenvalue weighted by molar-refractivity contribution is 9.42. The first kappa shape index (κ1) is 19.5. The first-order chi connectivity index (χ1) is 12.2. The normalized spacial score (nSPS) is 12.2. The standard InChI is InChI=1S/C16H13Br3N4O2S/c1-22(12-6-3-2-4-7-12)13-8-5-9-14(10-13)23-11-20-21-15(23)26(24,25)16(17,18)19/h2-11H,1H3. The second-order valence-electron chi connectivity index (χ2n) is 5.35. The number of aromatic nitrogens is 3. The fourth-order valence-corrected chi connectivity index (χ4v) is 4.42. The molecule has 10 heteroatoms. The van der Waals surface area contributed by atoms with E-state index >= 15 is 0 Å². The quantitative estimate of drug-likeness (QED) is 0.433. The molecule has 6 nitrogen and oxygen atoms in total. The minimum atomic E-state index is -3.87. The number of hydrogen-bond acceptors (Lipinski definition) is 5. The van der Waals surface area contributed by atoms with Gasteiger partial charge in [0.2, 0.25) is 11.3 Å². The van der Waals surface area contributed by atoms with Gasteiger partial charge in [0.05, 0.1) is 5.69 Å². The van der Waals surface area contributed by atoms with Gasteiger partial charge in [0.15, 0.2) is 0 Å². The lowest BCUT2D eigenvalue weighted by molar-refractivity contribution is 0.586. The first-order valence-electron chi connectivity index (χ1n) is 7.32. The third-order valence-corrected chi connectivity index (χ3v) is 8.90. The Labute approximate surface area is 176 Å². The van der Waals surface area contributed by atoms with Gasteiger partial charge in [-0.25, -0.2) is 8.42 Å². The van der Waals surface area contributed by atoms with Gasteiger partial charge in [-0.15, -0.1) is 10.2 Å². The molecule has 0 unspecified atom stereocenters. The Balaban J connectivity index is 2.05. The van der Waals surface area contributed by atoms with Crippen molar-refractivity contribution >= 4 is 69.0 Å². The number of sulfone groups is 1. The molecule has 1 aromatic heterocycles. The molecule has 0 spiro atoms. The minimum absolute atomic E-state index is 0.192. The molecule has 136 valence electrons. The number of para-hydroxylation sites is 1. The van der Waals surface area contributed by atoms with E-state index in [0.717, 1.165) is 11.4 Å². The fourth-order valence-electron chi connectivity index (χ4n) is 2.34. The van der Waals surface area contributed by atoms with Crippen LogP contribution in [0.15, 0.2) is 66.1 Å². The maximum Gasteiger partial charge on any atom is 0.257 e. The van der Waals surface area contributed by atoms with Crippen LogP contribution in [-0.2, 0) is 9.84 Å². The van der Waals surface area contributed by atoms with E-state index in [-0.39, 0.29) is 5.16 Å². The highest BCUT2D eigenvalue weighted by atomic mass is 80.0. The van der Waals surface area contributed by atoms with Crippen LogP contribution in [0.5, 0.6) is 0 Å². The molecule has 0 fully saturated rings. The van der Waals surface area contributed by atoms with Crippen LogP contribution in [0.25, 0.3) is 5.69 Å². The van der Waals surface area contributed by atoms with E-state index in [1.165, 1.54) is 10.9 Å². The lowest BCUT2D eigenvalue weighted by Crippen LogP contribution is -2.22. The maximum atomic E-state index is 12.7. The van der Waals surface area contributed by atoms with Crippen molar-refractivity contribution < 1.29 is 8.42 Å². The fraction of sp³-hybridized carbons (Fsp3) is 0.125. The Morgan fingerprint density at radius 2 is 1.65 bits per heavy atom. The number of benzene rings is 2. The Hall–Kier alpha value is -1.23. The summed E-state index contributed by atoms with van der Waals surface area (Å²) in [6.45, 7) is 0. The molecule has 2 aromatic carbocycles. The van der Waals surface area contributed by atoms with Crippen LogP contribution < -0.4 is 4.90 Å². The number of nitrogens with zero attached hydrogens (tertiary/aromatic N) is 4. The lowest BCUT2D eigenvalue weighted by Gasteiger charge is -2.20. The molecule has 0 radical (unpaired) electrons. The summed E-state index contributed by atoms with van der Waals surface area (Å²) in [5.74, 6) is 0. The zero-order chi connectivity index (χ0) is 18.9. The molecule has 0 bridgehead atoms. The van der Waals surface area contributed by atoms with Crippen molar-refractivity contribution in [2.24, 2.45) is 0 Å². The predicted octanol–water partition coefficient (Wildman–Crippen LogP) is 4.60. The van der Waals surface area contributed by atoms with E-state index in [1.807, 2.05) is 60.5 Å². The number of anilines is 2. The summed E-state index contributed by atoms with van der Waals surface area (Å²) in [5.41, 5.74) is 2.54. The largest absolute Gasteiger partial charge is 0.345 e. The molecule has 0 aliphatic carbocycles. The molecule has 26 heavy (non-hydrogen) atoms. The molecule has 0 saturated carbocycles. The smallest absolute Gasteiger partial charge is 0.257 e. The van der Waals surface area contributed by atoms with E-state index in [1.54, 1.807) is 6.07 Å². The maximum absolute atomic E-state index is 12.7. The average Bonchev–Trinajstić information content (AvgIpc) is 3.11. The molecule has 3 aromatic rings. The molecule has 0 aliphatic heterocycles. The van der Waals surface area contributed by atoms with Gasteiger partial charge in [0, 0.05) is 18.4 Å². The van der Waals surface area contributed by atoms with Gasteiger partial charge in [-0.1, -0.05) is 24.3 Å². The second-order valence-corrected chi connectivity index (χ2v) is 15.7. The Kier molecular flexibility index (Phi) is 5.57. The average molecular weight is 565 g/mol. The summed E-state index contributed by atoms with van der Waals surface area (Å²) < 4.78 is 25.3. The molecule has 0 N–H and O–H groups in total. The molecular weight excluding hydrogens is 552 g/mol. The summed E-state index contributed by atoms with van der Waals surface area (Å²) in [6.07, 6.45) is 1.37. The van der Waals surface area contributed by atoms with Crippen molar-refractivity contribution in [3.8, 4) is 5.69 Å². The summed E-state index contributed by atoms with van der Waals surface area (Å²) in [7, 11) is -1.93. The second kappa shape index (κ2) is 7.41. The van der Waals surface area contributed by atoms with Crippen molar-refractivity contribution in [3.05, 3.63) is 60.9 Å². The van der Waals surface area contributed by atoms with Crippen molar-refractivity contribution in [2.45, 2.75) is 6.63 Å². The van der Waals surface area contributed by atoms with Gasteiger partial charge < -0.3 is 4.90 Å². The monoisotopic (exact) mass is 562 g/mol. The third-order valence-electron chi connectivity index (χ3n) is 3.70. The van der Waals surface area contributed by atoms with E-state index < -0.39 is 11.3 Å². The predicted molar refractivity (Wildman–Crippen MR) is 113 cm³/mol. The van der Waals surface area contributed by atoms with Gasteiger partial charge in [-0.2, -0.15) is 0 Å². The van der Waals surface area contributed by atoms with Crippen LogP contribution in [0.1, 0.15) is 0 Å². The van der Waals surface area contributed by atoms with E-state index in [9.17, 15) is 8.42 Å². The SMILES string of the molecule is CN(c1ccccc1)c1cccc(-n2cnnc2S(=O)(=O)C(Br)(Br)Br)c1. The Morgan fingerprint density at radius 1 is 1.00 bits per heavy atom. The van der Waals surface area contributed by atoms with Crippen LogP contribution in [0.3, 0.4) is 0 Å². The van der Waals surface area contributed by atoms with Crippen molar-refractivity contribution in [1.82, 2.24) is 14.8 Å². The molecule has 0 atom stereocenters. The van der Waals surface area contributed by atoms with Crippen LogP contribution in [-0.4, -0.2) is 31.7 Å². The van der Waals surface area contributed by atoms with Gasteiger partial charge in [0.1, 0.15) is 6.33 Å². The summed E-state index contributed by atoms with van der Waals surface area (Å²) in [4.78, 5) is 2.01. The molecule has 1 heterocycles. The third kappa shape index (κ3) is 3.73. The topological polar surface area (TPSA) is 68.1 Å². The Bertz CT molecular complexity index is 1020. The Morgan fingerprint density at radius 3 is 2.31 bits per heavy atom. The highest BCUT2D eigenvalue weighted by Gasteiger charge is 2.41. The molecule has 3 rings (SSSR count). The first-order valence-corrected chi connectivity index (χ1v) is 11.2. The van der Waals surface area contributed by atoms with Crippen LogP contribution >= 0.6 is 47.8 Å². The van der Waals surface area contributed by atoms with E-state index in [2.05, 4.69) is 58.0 Å².